The molecular formula is C21H21N5O3. The van der Waals surface area contributed by atoms with Gasteiger partial charge in [-0.1, -0.05) is 12.1 Å². The van der Waals surface area contributed by atoms with Crippen LogP contribution in [0, 0.1) is 0 Å². The molecule has 1 aliphatic heterocycles. The van der Waals surface area contributed by atoms with Gasteiger partial charge in [0.25, 0.3) is 5.91 Å². The minimum atomic E-state index is -0.924. The average molecular weight is 391 g/mol. The third kappa shape index (κ3) is 3.41. The van der Waals surface area contributed by atoms with Gasteiger partial charge in [0.05, 0.1) is 11.6 Å². The number of likely N-dealkylation sites (tertiary alicyclic amines) is 1. The van der Waals surface area contributed by atoms with E-state index in [1.165, 1.54) is 4.90 Å². The number of pyridine rings is 1. The van der Waals surface area contributed by atoms with Gasteiger partial charge < -0.3 is 15.4 Å². The molecule has 1 aliphatic carbocycles. The number of nitrogens with one attached hydrogen (secondary N) is 2. The second kappa shape index (κ2) is 6.88. The van der Waals surface area contributed by atoms with E-state index in [-0.39, 0.29) is 11.9 Å². The Morgan fingerprint density at radius 3 is 2.66 bits per heavy atom. The molecule has 2 amide bonds. The molecule has 2 aromatic heterocycles. The number of aromatic nitrogens is 3. The maximum Gasteiger partial charge on any atom is 0.407 e. The van der Waals surface area contributed by atoms with Crippen molar-refractivity contribution in [3.8, 4) is 11.1 Å². The quantitative estimate of drug-likeness (QED) is 0.632. The number of hydrogen-bond acceptors (Lipinski definition) is 4. The first-order valence-electron chi connectivity index (χ1n) is 9.85. The maximum absolute atomic E-state index is 12.1. The molecule has 0 bridgehead atoms. The van der Waals surface area contributed by atoms with Crippen LogP contribution in [0.15, 0.2) is 36.5 Å². The van der Waals surface area contributed by atoms with E-state index in [0.717, 1.165) is 42.3 Å². The number of nitrogens with zero attached hydrogens (tertiary/aromatic N) is 3. The zero-order valence-corrected chi connectivity index (χ0v) is 15.8. The van der Waals surface area contributed by atoms with Crippen molar-refractivity contribution in [1.29, 1.82) is 0 Å². The summed E-state index contributed by atoms with van der Waals surface area (Å²) >= 11 is 0. The van der Waals surface area contributed by atoms with Crippen LogP contribution in [-0.2, 0) is 0 Å². The molecule has 2 aliphatic rings. The Morgan fingerprint density at radius 2 is 1.93 bits per heavy atom. The number of carboxylic acid groups (broad SMARTS) is 1. The summed E-state index contributed by atoms with van der Waals surface area (Å²) in [5.41, 5.74) is 3.84. The Bertz CT molecular complexity index is 1090. The van der Waals surface area contributed by atoms with E-state index < -0.39 is 6.09 Å². The third-order valence-corrected chi connectivity index (χ3v) is 5.56. The minimum absolute atomic E-state index is 0.0367. The number of hydrogen-bond donors (Lipinski definition) is 3. The summed E-state index contributed by atoms with van der Waals surface area (Å²) in [6, 6.07) is 9.49. The van der Waals surface area contributed by atoms with Crippen LogP contribution in [0.1, 0.15) is 47.9 Å². The summed E-state index contributed by atoms with van der Waals surface area (Å²) in [6.45, 7) is 0.524. The molecule has 2 fully saturated rings. The summed E-state index contributed by atoms with van der Waals surface area (Å²) in [5.74, 6) is 0.599. The molecule has 8 nitrogen and oxygen atoms in total. The van der Waals surface area contributed by atoms with Crippen molar-refractivity contribution >= 4 is 23.2 Å². The normalized spacial score (nSPS) is 18.9. The zero-order valence-electron chi connectivity index (χ0n) is 15.8. The number of fused-ring (bicyclic) bond motifs is 1. The lowest BCUT2D eigenvalue weighted by Crippen LogP contribution is -2.29. The zero-order chi connectivity index (χ0) is 20.0. The molecule has 1 atom stereocenters. The van der Waals surface area contributed by atoms with Gasteiger partial charge in [-0.2, -0.15) is 0 Å². The highest BCUT2D eigenvalue weighted by atomic mass is 16.4. The second-order valence-electron chi connectivity index (χ2n) is 7.68. The first kappa shape index (κ1) is 17.7. The summed E-state index contributed by atoms with van der Waals surface area (Å²) in [4.78, 5) is 37.2. The number of aromatic amines is 1. The molecule has 0 radical (unpaired) electrons. The largest absolute Gasteiger partial charge is 0.465 e. The molecule has 148 valence electrons. The van der Waals surface area contributed by atoms with Crippen LogP contribution >= 0.6 is 0 Å². The molecule has 29 heavy (non-hydrogen) atoms. The lowest BCUT2D eigenvalue weighted by molar-refractivity contribution is 0.0951. The van der Waals surface area contributed by atoms with E-state index in [0.29, 0.717) is 29.6 Å². The van der Waals surface area contributed by atoms with Crippen LogP contribution < -0.4 is 5.32 Å². The maximum atomic E-state index is 12.1. The van der Waals surface area contributed by atoms with Crippen LogP contribution in [0.2, 0.25) is 0 Å². The lowest BCUT2D eigenvalue weighted by atomic mass is 10.1. The molecule has 0 spiro atoms. The molecule has 8 heteroatoms. The van der Waals surface area contributed by atoms with E-state index in [4.69, 9.17) is 0 Å². The van der Waals surface area contributed by atoms with Gasteiger partial charge in [-0.15, -0.1) is 0 Å². The third-order valence-electron chi connectivity index (χ3n) is 5.56. The van der Waals surface area contributed by atoms with Crippen molar-refractivity contribution in [3.63, 3.8) is 0 Å². The minimum Gasteiger partial charge on any atom is -0.465 e. The number of imidazole rings is 1. The van der Waals surface area contributed by atoms with Gasteiger partial charge in [0.2, 0.25) is 0 Å². The van der Waals surface area contributed by atoms with E-state index >= 15 is 0 Å². The smallest absolute Gasteiger partial charge is 0.407 e. The number of amides is 2. The SMILES string of the molecule is O=C(NC1CC1)c1ccc(-c2cnc3nc(C4CCCN4C(=O)O)[nH]c3c2)cc1. The van der Waals surface area contributed by atoms with Crippen LogP contribution in [0.4, 0.5) is 4.79 Å². The molecule has 5 rings (SSSR count). The fourth-order valence-electron chi connectivity index (χ4n) is 3.82. The van der Waals surface area contributed by atoms with E-state index in [1.807, 2.05) is 30.3 Å². The monoisotopic (exact) mass is 391 g/mol. The van der Waals surface area contributed by atoms with Crippen LogP contribution in [-0.4, -0.2) is 49.5 Å². The molecule has 1 aromatic carbocycles. The number of carbonyl (C=O) groups excluding carboxylic acids is 1. The van der Waals surface area contributed by atoms with Crippen molar-refractivity contribution in [3.05, 3.63) is 47.9 Å². The Hall–Kier alpha value is -3.42. The van der Waals surface area contributed by atoms with E-state index in [9.17, 15) is 14.7 Å². The number of rotatable bonds is 4. The highest BCUT2D eigenvalue weighted by Gasteiger charge is 2.32. The predicted molar refractivity (Wildman–Crippen MR) is 107 cm³/mol. The van der Waals surface area contributed by atoms with Gasteiger partial charge in [0.15, 0.2) is 5.65 Å². The summed E-state index contributed by atoms with van der Waals surface area (Å²) in [5, 5.41) is 12.4. The van der Waals surface area contributed by atoms with Gasteiger partial charge >= 0.3 is 6.09 Å². The molecule has 3 N–H and O–H groups in total. The van der Waals surface area contributed by atoms with Gasteiger partial charge in [-0.25, -0.2) is 14.8 Å². The summed E-state index contributed by atoms with van der Waals surface area (Å²) in [7, 11) is 0. The van der Waals surface area contributed by atoms with Crippen LogP contribution in [0.25, 0.3) is 22.3 Å². The number of H-pyrrole nitrogens is 1. The topological polar surface area (TPSA) is 111 Å². The van der Waals surface area contributed by atoms with Crippen molar-refractivity contribution in [1.82, 2.24) is 25.2 Å². The molecular weight excluding hydrogens is 370 g/mol. The van der Waals surface area contributed by atoms with Gasteiger partial charge in [0.1, 0.15) is 5.82 Å². The second-order valence-corrected chi connectivity index (χ2v) is 7.68. The fraction of sp³-hybridized carbons (Fsp3) is 0.333. The summed E-state index contributed by atoms with van der Waals surface area (Å²) in [6.07, 6.45) is 4.53. The Morgan fingerprint density at radius 1 is 1.14 bits per heavy atom. The Balaban J connectivity index is 1.39. The highest BCUT2D eigenvalue weighted by Crippen LogP contribution is 2.32. The molecule has 3 heterocycles. The van der Waals surface area contributed by atoms with Gasteiger partial charge in [-0.3, -0.25) is 9.69 Å². The van der Waals surface area contributed by atoms with Crippen molar-refractivity contribution in [2.75, 3.05) is 6.54 Å². The molecule has 1 saturated heterocycles. The first-order chi connectivity index (χ1) is 14.1. The lowest BCUT2D eigenvalue weighted by Gasteiger charge is -2.18. The van der Waals surface area contributed by atoms with Gasteiger partial charge in [0, 0.05) is 29.9 Å². The van der Waals surface area contributed by atoms with Crippen LogP contribution in [0.5, 0.6) is 0 Å². The molecule has 3 aromatic rings. The average Bonchev–Trinajstić information content (AvgIpc) is 3.24. The highest BCUT2D eigenvalue weighted by molar-refractivity contribution is 5.95. The van der Waals surface area contributed by atoms with E-state index in [2.05, 4.69) is 20.3 Å². The first-order valence-corrected chi connectivity index (χ1v) is 9.85. The molecule has 1 saturated carbocycles. The standard InChI is InChI=1S/C21H21N5O3/c27-20(23-15-7-8-15)13-5-3-12(4-6-13)14-10-16-18(22-11-14)25-19(24-16)17-2-1-9-26(17)21(28)29/h3-6,10-11,15,17H,1-2,7-9H2,(H,23,27)(H,28,29)(H,22,24,25). The van der Waals surface area contributed by atoms with Gasteiger partial charge in [-0.05, 0) is 49.4 Å². The summed E-state index contributed by atoms with van der Waals surface area (Å²) < 4.78 is 0. The number of carbonyl (C=O) groups is 2. The fourth-order valence-corrected chi connectivity index (χ4v) is 3.82. The van der Waals surface area contributed by atoms with Crippen molar-refractivity contribution in [2.24, 2.45) is 0 Å². The van der Waals surface area contributed by atoms with E-state index in [1.54, 1.807) is 6.20 Å². The Labute approximate surface area is 167 Å². The molecule has 1 unspecified atom stereocenters. The predicted octanol–water partition coefficient (Wildman–Crippen LogP) is 3.33. The number of benzene rings is 1. The Kier molecular flexibility index (Phi) is 4.19. The van der Waals surface area contributed by atoms with Crippen LogP contribution in [0.3, 0.4) is 0 Å². The van der Waals surface area contributed by atoms with Crippen molar-refractivity contribution < 1.29 is 14.7 Å². The van der Waals surface area contributed by atoms with Crippen molar-refractivity contribution in [2.45, 2.75) is 37.8 Å².